The van der Waals surface area contributed by atoms with Gasteiger partial charge in [-0.15, -0.1) is 0 Å². The summed E-state index contributed by atoms with van der Waals surface area (Å²) in [5, 5.41) is 4.76. The Morgan fingerprint density at radius 2 is 0.759 bits per heavy atom. The lowest BCUT2D eigenvalue weighted by Crippen LogP contribution is -2.10. The van der Waals surface area contributed by atoms with Gasteiger partial charge in [-0.3, -0.25) is 0 Å². The molecule has 0 saturated carbocycles. The van der Waals surface area contributed by atoms with E-state index in [1.54, 1.807) is 0 Å². The van der Waals surface area contributed by atoms with Crippen LogP contribution in [0.15, 0.2) is 217 Å². The largest absolute Gasteiger partial charge is 0.456 e. The maximum absolute atomic E-state index is 6.34. The van der Waals surface area contributed by atoms with Gasteiger partial charge in [0.1, 0.15) is 11.2 Å². The number of fused-ring (bicyclic) bond motifs is 4. The van der Waals surface area contributed by atoms with Gasteiger partial charge in [0.05, 0.1) is 0 Å². The molecule has 254 valence electrons. The Labute approximate surface area is 314 Å². The fraction of sp³-hybridized carbons (Fsp3) is 0. The first-order valence-electron chi connectivity index (χ1n) is 18.4. The van der Waals surface area contributed by atoms with E-state index in [4.69, 9.17) is 4.42 Å². The molecule has 0 unspecified atom stereocenters. The summed E-state index contributed by atoms with van der Waals surface area (Å²) in [6, 6.07) is 75.9. The van der Waals surface area contributed by atoms with Gasteiger partial charge >= 0.3 is 0 Å². The molecule has 1 aromatic heterocycles. The molecule has 0 spiro atoms. The van der Waals surface area contributed by atoms with Crippen molar-refractivity contribution in [3.63, 3.8) is 0 Å². The van der Waals surface area contributed by atoms with E-state index in [9.17, 15) is 0 Å². The lowest BCUT2D eigenvalue weighted by atomic mass is 9.96. The van der Waals surface area contributed by atoms with Crippen LogP contribution in [-0.2, 0) is 0 Å². The number of nitrogens with zero attached hydrogens (tertiary/aromatic N) is 1. The van der Waals surface area contributed by atoms with Crippen molar-refractivity contribution in [2.24, 2.45) is 0 Å². The zero-order chi connectivity index (χ0) is 35.8. The lowest BCUT2D eigenvalue weighted by Gasteiger charge is -2.26. The fourth-order valence-corrected chi connectivity index (χ4v) is 7.66. The van der Waals surface area contributed by atoms with Crippen molar-refractivity contribution in [2.45, 2.75) is 0 Å². The van der Waals surface area contributed by atoms with Gasteiger partial charge in [-0.1, -0.05) is 152 Å². The Balaban J connectivity index is 0.978. The standard InChI is InChI=1S/C52H35NO/c1-2-10-36(11-3-1)44-16-9-17-47(34-44)53(48-30-31-50-49-18-6-7-19-51(49)54-52(50)35-48)46-28-26-39(27-29-46)38-20-22-40(23-21-38)42-14-8-15-43(32-42)45-25-24-37-12-4-5-13-41(37)33-45/h1-35H. The normalized spacial score (nSPS) is 11.3. The molecule has 0 amide bonds. The molecule has 1 heterocycles. The summed E-state index contributed by atoms with van der Waals surface area (Å²) in [6.07, 6.45) is 0. The van der Waals surface area contributed by atoms with Crippen LogP contribution in [0, 0.1) is 0 Å². The van der Waals surface area contributed by atoms with Crippen LogP contribution in [0.3, 0.4) is 0 Å². The fourth-order valence-electron chi connectivity index (χ4n) is 7.66. The molecule has 0 atom stereocenters. The van der Waals surface area contributed by atoms with Crippen LogP contribution in [-0.4, -0.2) is 0 Å². The van der Waals surface area contributed by atoms with Crippen LogP contribution in [0.2, 0.25) is 0 Å². The van der Waals surface area contributed by atoms with Crippen molar-refractivity contribution in [1.82, 2.24) is 0 Å². The van der Waals surface area contributed by atoms with Crippen molar-refractivity contribution in [2.75, 3.05) is 4.90 Å². The van der Waals surface area contributed by atoms with E-state index in [0.717, 1.165) is 39.0 Å². The third-order valence-corrected chi connectivity index (χ3v) is 10.5. The van der Waals surface area contributed by atoms with Crippen LogP contribution in [0.25, 0.3) is 77.2 Å². The van der Waals surface area contributed by atoms with Gasteiger partial charge in [0, 0.05) is 33.9 Å². The molecule has 54 heavy (non-hydrogen) atoms. The topological polar surface area (TPSA) is 16.4 Å². The Morgan fingerprint density at radius 1 is 0.259 bits per heavy atom. The smallest absolute Gasteiger partial charge is 0.137 e. The number of para-hydroxylation sites is 1. The molecule has 0 aliphatic rings. The Kier molecular flexibility index (Phi) is 7.85. The molecular weight excluding hydrogens is 655 g/mol. The van der Waals surface area contributed by atoms with E-state index in [0.29, 0.717) is 0 Å². The van der Waals surface area contributed by atoms with Gasteiger partial charge in [0.25, 0.3) is 0 Å². The van der Waals surface area contributed by atoms with Crippen LogP contribution in [0.5, 0.6) is 0 Å². The minimum absolute atomic E-state index is 0.873. The summed E-state index contributed by atoms with van der Waals surface area (Å²) in [4.78, 5) is 2.31. The second-order valence-corrected chi connectivity index (χ2v) is 13.8. The maximum Gasteiger partial charge on any atom is 0.137 e. The minimum atomic E-state index is 0.873. The predicted octanol–water partition coefficient (Wildman–Crippen LogP) is 14.9. The van der Waals surface area contributed by atoms with Crippen molar-refractivity contribution in [3.8, 4) is 44.5 Å². The van der Waals surface area contributed by atoms with Gasteiger partial charge < -0.3 is 9.32 Å². The van der Waals surface area contributed by atoms with Crippen molar-refractivity contribution < 1.29 is 4.42 Å². The van der Waals surface area contributed by atoms with Gasteiger partial charge in [-0.05, 0) is 110 Å². The zero-order valence-electron chi connectivity index (χ0n) is 29.6. The molecule has 2 nitrogen and oxygen atoms in total. The molecule has 0 bridgehead atoms. The average molecular weight is 690 g/mol. The van der Waals surface area contributed by atoms with Gasteiger partial charge in [0.2, 0.25) is 0 Å². The Bertz CT molecular complexity index is 2920. The number of furan rings is 1. The third-order valence-electron chi connectivity index (χ3n) is 10.5. The first-order chi connectivity index (χ1) is 26.7. The van der Waals surface area contributed by atoms with E-state index in [-0.39, 0.29) is 0 Å². The van der Waals surface area contributed by atoms with E-state index in [2.05, 4.69) is 205 Å². The number of hydrogen-bond donors (Lipinski definition) is 0. The SMILES string of the molecule is c1ccc(-c2cccc(N(c3ccc(-c4ccc(-c5cccc(-c6ccc7ccccc7c6)c5)cc4)cc3)c3ccc4c(c3)oc3ccccc34)c2)cc1. The summed E-state index contributed by atoms with van der Waals surface area (Å²) in [5.74, 6) is 0. The van der Waals surface area contributed by atoms with Crippen LogP contribution >= 0.6 is 0 Å². The molecule has 0 aliphatic heterocycles. The summed E-state index contributed by atoms with van der Waals surface area (Å²) in [7, 11) is 0. The average Bonchev–Trinajstić information content (AvgIpc) is 3.62. The summed E-state index contributed by atoms with van der Waals surface area (Å²) >= 11 is 0. The molecular formula is C52H35NO. The number of rotatable bonds is 7. The molecule has 0 fully saturated rings. The molecule has 0 N–H and O–H groups in total. The molecule has 10 aromatic rings. The highest BCUT2D eigenvalue weighted by Gasteiger charge is 2.17. The quantitative estimate of drug-likeness (QED) is 0.166. The first-order valence-corrected chi connectivity index (χ1v) is 18.4. The highest BCUT2D eigenvalue weighted by molar-refractivity contribution is 6.06. The van der Waals surface area contributed by atoms with Crippen molar-refractivity contribution >= 4 is 49.8 Å². The Hall–Kier alpha value is -7.16. The third kappa shape index (κ3) is 5.90. The molecule has 0 saturated heterocycles. The monoisotopic (exact) mass is 689 g/mol. The minimum Gasteiger partial charge on any atom is -0.456 e. The highest BCUT2D eigenvalue weighted by atomic mass is 16.3. The van der Waals surface area contributed by atoms with E-state index < -0.39 is 0 Å². The Morgan fingerprint density at radius 3 is 1.56 bits per heavy atom. The van der Waals surface area contributed by atoms with Gasteiger partial charge in [0.15, 0.2) is 0 Å². The lowest BCUT2D eigenvalue weighted by molar-refractivity contribution is 0.669. The number of hydrogen-bond acceptors (Lipinski definition) is 2. The van der Waals surface area contributed by atoms with Crippen molar-refractivity contribution in [3.05, 3.63) is 212 Å². The van der Waals surface area contributed by atoms with E-state index >= 15 is 0 Å². The van der Waals surface area contributed by atoms with Gasteiger partial charge in [-0.2, -0.15) is 0 Å². The summed E-state index contributed by atoms with van der Waals surface area (Å²) in [6.45, 7) is 0. The summed E-state index contributed by atoms with van der Waals surface area (Å²) in [5.41, 5.74) is 14.5. The molecule has 2 heteroatoms. The molecule has 10 rings (SSSR count). The van der Waals surface area contributed by atoms with Gasteiger partial charge in [-0.25, -0.2) is 0 Å². The molecule has 9 aromatic carbocycles. The number of benzene rings is 9. The van der Waals surface area contributed by atoms with Crippen molar-refractivity contribution in [1.29, 1.82) is 0 Å². The van der Waals surface area contributed by atoms with Crippen LogP contribution in [0.1, 0.15) is 0 Å². The second kappa shape index (κ2) is 13.4. The van der Waals surface area contributed by atoms with E-state index in [1.165, 1.54) is 55.3 Å². The number of anilines is 3. The predicted molar refractivity (Wildman–Crippen MR) is 228 cm³/mol. The second-order valence-electron chi connectivity index (χ2n) is 13.8. The summed E-state index contributed by atoms with van der Waals surface area (Å²) < 4.78 is 6.34. The zero-order valence-corrected chi connectivity index (χ0v) is 29.6. The van der Waals surface area contributed by atoms with Crippen LogP contribution < -0.4 is 4.90 Å². The van der Waals surface area contributed by atoms with Crippen LogP contribution in [0.4, 0.5) is 17.1 Å². The first kappa shape index (κ1) is 31.6. The molecule has 0 radical (unpaired) electrons. The maximum atomic E-state index is 6.34. The highest BCUT2D eigenvalue weighted by Crippen LogP contribution is 2.40. The molecule has 0 aliphatic carbocycles. The van der Waals surface area contributed by atoms with E-state index in [1.807, 2.05) is 12.1 Å².